The molecule has 0 unspecified atom stereocenters. The summed E-state index contributed by atoms with van der Waals surface area (Å²) in [6, 6.07) is 2.47. The molecule has 3 aromatic heterocycles. The molecule has 2 fully saturated rings. The zero-order valence-corrected chi connectivity index (χ0v) is 20.2. The zero-order chi connectivity index (χ0) is 24.7. The second-order valence-corrected chi connectivity index (χ2v) is 9.63. The number of aryl methyl sites for hydroxylation is 3. The molecule has 3 aromatic rings. The van der Waals surface area contributed by atoms with Gasteiger partial charge in [-0.1, -0.05) is 0 Å². The van der Waals surface area contributed by atoms with Gasteiger partial charge in [0.2, 0.25) is 5.91 Å². The van der Waals surface area contributed by atoms with E-state index in [-0.39, 0.29) is 23.5 Å². The van der Waals surface area contributed by atoms with Gasteiger partial charge < -0.3 is 15.7 Å². The predicted octanol–water partition coefficient (Wildman–Crippen LogP) is 3.18. The second kappa shape index (κ2) is 9.16. The van der Waals surface area contributed by atoms with Gasteiger partial charge in [-0.15, -0.1) is 0 Å². The average molecular weight is 478 g/mol. The Morgan fingerprint density at radius 2 is 1.94 bits per heavy atom. The molecule has 0 aromatic carbocycles. The van der Waals surface area contributed by atoms with Gasteiger partial charge in [-0.25, -0.2) is 0 Å². The Morgan fingerprint density at radius 1 is 1.23 bits per heavy atom. The highest BCUT2D eigenvalue weighted by Gasteiger charge is 2.48. The van der Waals surface area contributed by atoms with Crippen molar-refractivity contribution in [2.75, 3.05) is 5.32 Å². The molecule has 0 radical (unpaired) electrons. The van der Waals surface area contributed by atoms with Gasteiger partial charge in [0.25, 0.3) is 5.91 Å². The minimum Gasteiger partial charge on any atom is -0.506 e. The van der Waals surface area contributed by atoms with Gasteiger partial charge in [0.05, 0.1) is 17.6 Å². The topological polar surface area (TPSA) is 138 Å². The minimum atomic E-state index is -0.678. The molecule has 0 spiro atoms. The summed E-state index contributed by atoms with van der Waals surface area (Å²) in [5.41, 5.74) is 3.48. The van der Waals surface area contributed by atoms with Crippen LogP contribution in [-0.2, 0) is 11.3 Å². The molecule has 35 heavy (non-hydrogen) atoms. The van der Waals surface area contributed by atoms with Crippen LogP contribution in [0.5, 0.6) is 5.75 Å². The molecule has 3 heterocycles. The zero-order valence-electron chi connectivity index (χ0n) is 20.2. The Balaban J connectivity index is 1.38. The van der Waals surface area contributed by atoms with Crippen LogP contribution in [0.1, 0.15) is 54.5 Å². The fourth-order valence-electron chi connectivity index (χ4n) is 5.05. The predicted molar refractivity (Wildman–Crippen MR) is 130 cm³/mol. The maximum Gasteiger partial charge on any atom is 0.270 e. The maximum atomic E-state index is 13.5. The molecule has 0 saturated heterocycles. The van der Waals surface area contributed by atoms with Gasteiger partial charge in [0, 0.05) is 30.1 Å². The van der Waals surface area contributed by atoms with Crippen molar-refractivity contribution in [1.29, 1.82) is 0 Å². The number of carbonyl (C=O) groups excluding carboxylic acids is 2. The minimum absolute atomic E-state index is 0.0521. The third kappa shape index (κ3) is 4.65. The summed E-state index contributed by atoms with van der Waals surface area (Å²) in [5, 5.41) is 27.8. The van der Waals surface area contributed by atoms with E-state index in [1.807, 2.05) is 20.8 Å². The largest absolute Gasteiger partial charge is 0.506 e. The second-order valence-electron chi connectivity index (χ2n) is 9.63. The number of nitrogens with one attached hydrogen (secondary N) is 3. The summed E-state index contributed by atoms with van der Waals surface area (Å²) < 4.78 is 1.62. The number of carbonyl (C=O) groups is 2. The molecular weight excluding hydrogens is 446 g/mol. The van der Waals surface area contributed by atoms with Gasteiger partial charge >= 0.3 is 0 Å². The first-order chi connectivity index (χ1) is 16.9. The molecule has 2 amide bonds. The quantitative estimate of drug-likeness (QED) is 0.373. The van der Waals surface area contributed by atoms with Crippen LogP contribution in [0.2, 0.25) is 0 Å². The summed E-state index contributed by atoms with van der Waals surface area (Å²) in [5.74, 6) is 0.316. The molecule has 4 N–H and O–H groups in total. The van der Waals surface area contributed by atoms with Crippen LogP contribution in [0.4, 0.5) is 5.69 Å². The fraction of sp³-hybridized carbons (Fsp3) is 0.480. The summed E-state index contributed by atoms with van der Waals surface area (Å²) in [6.07, 6.45) is 7.42. The summed E-state index contributed by atoms with van der Waals surface area (Å²) >= 11 is 0. The lowest BCUT2D eigenvalue weighted by atomic mass is 9.88. The Morgan fingerprint density at radius 3 is 2.51 bits per heavy atom. The van der Waals surface area contributed by atoms with Crippen molar-refractivity contribution in [3.8, 4) is 17.0 Å². The Kier molecular flexibility index (Phi) is 6.04. The SMILES string of the molecule is CCn1nccc1C(=O)N[C@H](C(=O)Nc1cnc(-c2c(C)n[nH]c2C)c(O)c1)C(C1CC1)C1CC1. The van der Waals surface area contributed by atoms with Crippen LogP contribution in [0.3, 0.4) is 0 Å². The fourth-order valence-corrected chi connectivity index (χ4v) is 5.05. The van der Waals surface area contributed by atoms with Crippen molar-refractivity contribution >= 4 is 17.5 Å². The third-order valence-corrected chi connectivity index (χ3v) is 7.04. The van der Waals surface area contributed by atoms with E-state index in [1.165, 1.54) is 12.3 Å². The highest BCUT2D eigenvalue weighted by molar-refractivity contribution is 6.01. The lowest BCUT2D eigenvalue weighted by molar-refractivity contribution is -0.119. The number of aromatic amines is 1. The highest BCUT2D eigenvalue weighted by Crippen LogP contribution is 2.51. The van der Waals surface area contributed by atoms with Crippen LogP contribution in [0.25, 0.3) is 11.3 Å². The Hall–Kier alpha value is -3.69. The molecule has 2 aliphatic carbocycles. The molecular formula is C25H31N7O3. The Labute approximate surface area is 203 Å². The monoisotopic (exact) mass is 477 g/mol. The van der Waals surface area contributed by atoms with Crippen molar-refractivity contribution in [3.05, 3.63) is 41.6 Å². The number of hydrogen-bond acceptors (Lipinski definition) is 6. The number of amides is 2. The van der Waals surface area contributed by atoms with Crippen molar-refractivity contribution in [1.82, 2.24) is 30.3 Å². The summed E-state index contributed by atoms with van der Waals surface area (Å²) in [7, 11) is 0. The van der Waals surface area contributed by atoms with Crippen molar-refractivity contribution < 1.29 is 14.7 Å². The average Bonchev–Trinajstić information content (AvgIpc) is 3.76. The molecule has 2 saturated carbocycles. The number of pyridine rings is 1. The van der Waals surface area contributed by atoms with Crippen LogP contribution < -0.4 is 10.6 Å². The number of aromatic nitrogens is 5. The number of H-pyrrole nitrogens is 1. The van der Waals surface area contributed by atoms with E-state index >= 15 is 0 Å². The standard InChI is InChI=1S/C25H31N7O3/c1-4-32-18(9-10-27-32)24(34)29-23(21(15-5-6-15)16-7-8-16)25(35)28-17-11-19(33)22(26-12-17)20-13(2)30-31-14(20)3/h9-12,15-16,21,23,33H,4-8H2,1-3H3,(H,28,35)(H,29,34)(H,30,31)/t23-/m0/s1. The summed E-state index contributed by atoms with van der Waals surface area (Å²) in [6.45, 7) is 6.18. The highest BCUT2D eigenvalue weighted by atomic mass is 16.3. The van der Waals surface area contributed by atoms with Gasteiger partial charge in [-0.05, 0) is 70.3 Å². The van der Waals surface area contributed by atoms with E-state index in [1.54, 1.807) is 16.9 Å². The molecule has 0 aliphatic heterocycles. The van der Waals surface area contributed by atoms with E-state index in [0.29, 0.717) is 35.5 Å². The lowest BCUT2D eigenvalue weighted by Gasteiger charge is -2.27. The van der Waals surface area contributed by atoms with Crippen LogP contribution in [0.15, 0.2) is 24.5 Å². The van der Waals surface area contributed by atoms with Gasteiger partial charge in [-0.3, -0.25) is 24.4 Å². The van der Waals surface area contributed by atoms with Crippen molar-refractivity contribution in [3.63, 3.8) is 0 Å². The molecule has 10 nitrogen and oxygen atoms in total. The number of aromatic hydroxyl groups is 1. The van der Waals surface area contributed by atoms with Crippen LogP contribution in [0, 0.1) is 31.6 Å². The third-order valence-electron chi connectivity index (χ3n) is 7.04. The first kappa shape index (κ1) is 23.1. The number of anilines is 1. The van der Waals surface area contributed by atoms with Crippen LogP contribution >= 0.6 is 0 Å². The number of rotatable bonds is 9. The van der Waals surface area contributed by atoms with E-state index in [2.05, 4.69) is 30.9 Å². The van der Waals surface area contributed by atoms with E-state index in [0.717, 1.165) is 42.6 Å². The molecule has 0 bridgehead atoms. The number of nitrogens with zero attached hydrogens (tertiary/aromatic N) is 4. The molecule has 5 rings (SSSR count). The lowest BCUT2D eigenvalue weighted by Crippen LogP contribution is -2.50. The van der Waals surface area contributed by atoms with Crippen molar-refractivity contribution in [2.24, 2.45) is 17.8 Å². The normalized spacial score (nSPS) is 16.3. The Bertz CT molecular complexity index is 1220. The van der Waals surface area contributed by atoms with Crippen molar-refractivity contribution in [2.45, 2.75) is 59.0 Å². The van der Waals surface area contributed by atoms with E-state index in [9.17, 15) is 14.7 Å². The molecule has 1 atom stereocenters. The van der Waals surface area contributed by atoms with Gasteiger partial charge in [-0.2, -0.15) is 10.2 Å². The molecule has 10 heteroatoms. The smallest absolute Gasteiger partial charge is 0.270 e. The van der Waals surface area contributed by atoms with E-state index < -0.39 is 6.04 Å². The maximum absolute atomic E-state index is 13.5. The van der Waals surface area contributed by atoms with E-state index in [4.69, 9.17) is 0 Å². The van der Waals surface area contributed by atoms with Crippen LogP contribution in [-0.4, -0.2) is 47.9 Å². The van der Waals surface area contributed by atoms with Gasteiger partial charge in [0.15, 0.2) is 0 Å². The first-order valence-electron chi connectivity index (χ1n) is 12.2. The first-order valence-corrected chi connectivity index (χ1v) is 12.2. The molecule has 2 aliphatic rings. The summed E-state index contributed by atoms with van der Waals surface area (Å²) in [4.78, 5) is 31.1. The number of hydrogen-bond donors (Lipinski definition) is 4. The molecule has 184 valence electrons. The van der Waals surface area contributed by atoms with Gasteiger partial charge in [0.1, 0.15) is 23.2 Å².